The number of rotatable bonds is 4. The predicted octanol–water partition coefficient (Wildman–Crippen LogP) is 5.32. The van der Waals surface area contributed by atoms with Gasteiger partial charge in [0.2, 0.25) is 0 Å². The number of para-hydroxylation sites is 3. The van der Waals surface area contributed by atoms with E-state index in [1.54, 1.807) is 0 Å². The van der Waals surface area contributed by atoms with Crippen LogP contribution in [0.1, 0.15) is 54.0 Å². The van der Waals surface area contributed by atoms with Crippen LogP contribution in [0.3, 0.4) is 0 Å². The Balaban J connectivity index is 1.46. The largest absolute Gasteiger partial charge is 0.338 e. The number of likely N-dealkylation sites (tertiary alicyclic amines) is 1. The maximum atomic E-state index is 13.5. The fraction of sp³-hybridized carbons (Fsp3) is 0.346. The van der Waals surface area contributed by atoms with E-state index in [2.05, 4.69) is 34.7 Å². The number of fused-ring (bicyclic) bond motifs is 2. The van der Waals surface area contributed by atoms with Crippen LogP contribution in [0.2, 0.25) is 0 Å². The molecule has 1 atom stereocenters. The zero-order valence-electron chi connectivity index (χ0n) is 18.2. The van der Waals surface area contributed by atoms with Crippen molar-refractivity contribution in [3.63, 3.8) is 0 Å². The Morgan fingerprint density at radius 2 is 1.84 bits per heavy atom. The van der Waals surface area contributed by atoms with E-state index in [1.807, 2.05) is 48.2 Å². The number of aryl methyl sites for hydroxylation is 2. The average Bonchev–Trinajstić information content (AvgIpc) is 3.17. The first kappa shape index (κ1) is 19.7. The number of carbonyl (C=O) groups excluding carboxylic acids is 1. The molecule has 31 heavy (non-hydrogen) atoms. The van der Waals surface area contributed by atoms with Gasteiger partial charge in [-0.3, -0.25) is 9.78 Å². The van der Waals surface area contributed by atoms with Crippen molar-refractivity contribution in [3.8, 4) is 0 Å². The summed E-state index contributed by atoms with van der Waals surface area (Å²) in [4.78, 5) is 25.1. The van der Waals surface area contributed by atoms with Gasteiger partial charge in [-0.15, -0.1) is 0 Å². The summed E-state index contributed by atoms with van der Waals surface area (Å²) in [6.07, 6.45) is 3.11. The minimum Gasteiger partial charge on any atom is -0.338 e. The summed E-state index contributed by atoms with van der Waals surface area (Å²) in [7, 11) is 0. The highest BCUT2D eigenvalue weighted by Gasteiger charge is 2.29. The minimum absolute atomic E-state index is 0.0820. The van der Waals surface area contributed by atoms with Gasteiger partial charge >= 0.3 is 0 Å². The summed E-state index contributed by atoms with van der Waals surface area (Å²) < 4.78 is 2.36. The number of piperidine rings is 1. The summed E-state index contributed by atoms with van der Waals surface area (Å²) in [5.41, 5.74) is 4.67. The third-order valence-corrected chi connectivity index (χ3v) is 6.35. The van der Waals surface area contributed by atoms with Crippen molar-refractivity contribution in [2.45, 2.75) is 45.6 Å². The molecule has 0 bridgehead atoms. The summed E-state index contributed by atoms with van der Waals surface area (Å²) in [6.45, 7) is 6.58. The van der Waals surface area contributed by atoms with Crippen LogP contribution in [-0.4, -0.2) is 38.4 Å². The van der Waals surface area contributed by atoms with Crippen LogP contribution >= 0.6 is 0 Å². The lowest BCUT2D eigenvalue weighted by Crippen LogP contribution is -2.40. The highest BCUT2D eigenvalue weighted by Crippen LogP contribution is 2.31. The third kappa shape index (κ3) is 3.58. The van der Waals surface area contributed by atoms with E-state index in [4.69, 9.17) is 4.98 Å². The van der Waals surface area contributed by atoms with Crippen molar-refractivity contribution < 1.29 is 4.79 Å². The Bertz CT molecular complexity index is 1260. The first-order valence-electron chi connectivity index (χ1n) is 11.3. The van der Waals surface area contributed by atoms with E-state index in [0.29, 0.717) is 12.1 Å². The topological polar surface area (TPSA) is 51.0 Å². The van der Waals surface area contributed by atoms with Crippen molar-refractivity contribution >= 4 is 27.8 Å². The van der Waals surface area contributed by atoms with E-state index in [-0.39, 0.29) is 11.8 Å². The zero-order valence-corrected chi connectivity index (χ0v) is 18.2. The molecule has 4 aromatic rings. The Kier molecular flexibility index (Phi) is 5.18. The van der Waals surface area contributed by atoms with Gasteiger partial charge < -0.3 is 9.47 Å². The second-order valence-corrected chi connectivity index (χ2v) is 8.51. The molecule has 0 radical (unpaired) electrons. The highest BCUT2D eigenvalue weighted by molar-refractivity contribution is 5.98. The van der Waals surface area contributed by atoms with Gasteiger partial charge in [-0.1, -0.05) is 37.3 Å². The summed E-state index contributed by atoms with van der Waals surface area (Å²) in [5, 5.41) is 1.01. The lowest BCUT2D eigenvalue weighted by molar-refractivity contribution is 0.0702. The van der Waals surface area contributed by atoms with Gasteiger partial charge in [-0.2, -0.15) is 0 Å². The first-order chi connectivity index (χ1) is 15.2. The van der Waals surface area contributed by atoms with E-state index in [9.17, 15) is 4.79 Å². The maximum Gasteiger partial charge on any atom is 0.255 e. The number of pyridine rings is 1. The normalized spacial score (nSPS) is 16.8. The van der Waals surface area contributed by atoms with Crippen molar-refractivity contribution in [3.05, 3.63) is 71.7 Å². The molecule has 5 heteroatoms. The molecule has 1 aliphatic rings. The molecule has 5 nitrogen and oxygen atoms in total. The van der Waals surface area contributed by atoms with Gasteiger partial charge in [0.25, 0.3) is 5.91 Å². The SMILES string of the molecule is CCCn1c(C2CCCN(C(=O)c3cc4ccccc4nc3C)C2)nc2ccccc21. The summed E-state index contributed by atoms with van der Waals surface area (Å²) >= 11 is 0. The Morgan fingerprint density at radius 1 is 1.06 bits per heavy atom. The number of aromatic nitrogens is 3. The minimum atomic E-state index is 0.0820. The van der Waals surface area contributed by atoms with E-state index < -0.39 is 0 Å². The average molecular weight is 413 g/mol. The molecule has 2 aromatic carbocycles. The molecular weight excluding hydrogens is 384 g/mol. The Morgan fingerprint density at radius 3 is 2.68 bits per heavy atom. The van der Waals surface area contributed by atoms with Gasteiger partial charge in [0.1, 0.15) is 5.82 Å². The van der Waals surface area contributed by atoms with E-state index >= 15 is 0 Å². The molecule has 2 aromatic heterocycles. The number of hydrogen-bond acceptors (Lipinski definition) is 3. The lowest BCUT2D eigenvalue weighted by Gasteiger charge is -2.33. The van der Waals surface area contributed by atoms with Crippen molar-refractivity contribution in [2.75, 3.05) is 13.1 Å². The second kappa shape index (κ2) is 8.14. The van der Waals surface area contributed by atoms with Crippen LogP contribution in [0.15, 0.2) is 54.6 Å². The summed E-state index contributed by atoms with van der Waals surface area (Å²) in [5.74, 6) is 1.46. The van der Waals surface area contributed by atoms with Crippen molar-refractivity contribution in [1.29, 1.82) is 0 Å². The smallest absolute Gasteiger partial charge is 0.255 e. The quantitative estimate of drug-likeness (QED) is 0.456. The molecule has 1 fully saturated rings. The monoisotopic (exact) mass is 412 g/mol. The van der Waals surface area contributed by atoms with Gasteiger partial charge in [-0.25, -0.2) is 4.98 Å². The van der Waals surface area contributed by atoms with Crippen LogP contribution in [0.5, 0.6) is 0 Å². The molecule has 1 aliphatic heterocycles. The molecule has 0 N–H and O–H groups in total. The van der Waals surface area contributed by atoms with Crippen LogP contribution in [0, 0.1) is 6.92 Å². The number of amides is 1. The molecule has 0 saturated carbocycles. The molecule has 5 rings (SSSR count). The Hall–Kier alpha value is -3.21. The zero-order chi connectivity index (χ0) is 21.4. The Labute approximate surface area is 182 Å². The number of carbonyl (C=O) groups is 1. The molecule has 3 heterocycles. The van der Waals surface area contributed by atoms with Crippen LogP contribution in [-0.2, 0) is 6.54 Å². The number of benzene rings is 2. The molecule has 1 amide bonds. The predicted molar refractivity (Wildman–Crippen MR) is 124 cm³/mol. The van der Waals surface area contributed by atoms with E-state index in [1.165, 1.54) is 5.52 Å². The second-order valence-electron chi connectivity index (χ2n) is 8.51. The molecule has 0 aliphatic carbocycles. The number of imidazole rings is 1. The number of nitrogens with zero attached hydrogens (tertiary/aromatic N) is 4. The maximum absolute atomic E-state index is 13.5. The number of hydrogen-bond donors (Lipinski definition) is 0. The van der Waals surface area contributed by atoms with E-state index in [0.717, 1.165) is 60.3 Å². The van der Waals surface area contributed by atoms with Crippen molar-refractivity contribution in [1.82, 2.24) is 19.4 Å². The fourth-order valence-electron chi connectivity index (χ4n) is 4.84. The first-order valence-corrected chi connectivity index (χ1v) is 11.3. The highest BCUT2D eigenvalue weighted by atomic mass is 16.2. The molecular formula is C26H28N4O. The van der Waals surface area contributed by atoms with Crippen LogP contribution < -0.4 is 0 Å². The van der Waals surface area contributed by atoms with Gasteiger partial charge in [0.05, 0.1) is 27.8 Å². The molecule has 158 valence electrons. The molecule has 1 saturated heterocycles. The van der Waals surface area contributed by atoms with Gasteiger partial charge in [0, 0.05) is 30.9 Å². The lowest BCUT2D eigenvalue weighted by atomic mass is 9.96. The van der Waals surface area contributed by atoms with Gasteiger partial charge in [-0.05, 0) is 50.5 Å². The fourth-order valence-corrected chi connectivity index (χ4v) is 4.84. The molecule has 1 unspecified atom stereocenters. The van der Waals surface area contributed by atoms with Crippen molar-refractivity contribution in [2.24, 2.45) is 0 Å². The standard InChI is InChI=1S/C26H28N4O/c1-3-14-30-24-13-7-6-12-23(24)28-25(30)20-10-8-15-29(17-20)26(31)21-16-19-9-4-5-11-22(19)27-18(21)2/h4-7,9,11-13,16,20H,3,8,10,14-15,17H2,1-2H3. The third-order valence-electron chi connectivity index (χ3n) is 6.35. The van der Waals surface area contributed by atoms with Crippen LogP contribution in [0.4, 0.5) is 0 Å². The van der Waals surface area contributed by atoms with Gasteiger partial charge in [0.15, 0.2) is 0 Å². The van der Waals surface area contributed by atoms with Crippen LogP contribution in [0.25, 0.3) is 21.9 Å². The summed E-state index contributed by atoms with van der Waals surface area (Å²) in [6, 6.07) is 18.3. The molecule has 0 spiro atoms.